The van der Waals surface area contributed by atoms with Crippen molar-refractivity contribution in [2.75, 3.05) is 19.5 Å². The van der Waals surface area contributed by atoms with Crippen molar-refractivity contribution in [2.24, 2.45) is 5.92 Å². The molecule has 0 fully saturated rings. The molecule has 0 radical (unpaired) electrons. The number of benzene rings is 2. The Bertz CT molecular complexity index is 1170. The van der Waals surface area contributed by atoms with Crippen LogP contribution in [0.25, 0.3) is 0 Å². The van der Waals surface area contributed by atoms with Gasteiger partial charge in [0.1, 0.15) is 23.3 Å². The van der Waals surface area contributed by atoms with Crippen LogP contribution in [0.5, 0.6) is 11.5 Å². The standard InChI is InChI=1S/C30H36N2O6S/c1-21(2)16-27(31-29(34)18-38-24-13-11-23(36-3)12-14-24)30(35)32-26(17-22-8-5-4-6-9-22)28(33)20-39-19-25-10-7-15-37-25/h4-15,21,26-27H,16-20H2,1-3H3,(H,31,34)(H,32,35)/t26-,27-/m0/s1. The summed E-state index contributed by atoms with van der Waals surface area (Å²) in [5, 5.41) is 5.69. The van der Waals surface area contributed by atoms with Gasteiger partial charge in [0, 0.05) is 0 Å². The van der Waals surface area contributed by atoms with Crippen molar-refractivity contribution in [1.82, 2.24) is 10.6 Å². The van der Waals surface area contributed by atoms with Crippen LogP contribution in [0.3, 0.4) is 0 Å². The quantitative estimate of drug-likeness (QED) is 0.271. The number of hydrogen-bond donors (Lipinski definition) is 2. The van der Waals surface area contributed by atoms with Crippen LogP contribution in [0.1, 0.15) is 31.6 Å². The summed E-state index contributed by atoms with van der Waals surface area (Å²) in [6, 6.07) is 18.5. The molecule has 208 valence electrons. The molecule has 0 bridgehead atoms. The Morgan fingerprint density at radius 1 is 0.897 bits per heavy atom. The van der Waals surface area contributed by atoms with Gasteiger partial charge in [0.15, 0.2) is 12.4 Å². The van der Waals surface area contributed by atoms with Crippen LogP contribution in [-0.2, 0) is 26.6 Å². The molecule has 0 spiro atoms. The zero-order valence-electron chi connectivity index (χ0n) is 22.6. The molecule has 0 saturated carbocycles. The Hall–Kier alpha value is -3.72. The summed E-state index contributed by atoms with van der Waals surface area (Å²) in [5.74, 6) is 1.97. The van der Waals surface area contributed by atoms with Crippen molar-refractivity contribution in [3.63, 3.8) is 0 Å². The van der Waals surface area contributed by atoms with Gasteiger partial charge in [-0.3, -0.25) is 14.4 Å². The summed E-state index contributed by atoms with van der Waals surface area (Å²) in [6.07, 6.45) is 2.37. The van der Waals surface area contributed by atoms with E-state index in [1.165, 1.54) is 11.8 Å². The van der Waals surface area contributed by atoms with Crippen molar-refractivity contribution < 1.29 is 28.3 Å². The van der Waals surface area contributed by atoms with Crippen molar-refractivity contribution in [3.8, 4) is 11.5 Å². The first-order valence-electron chi connectivity index (χ1n) is 12.9. The largest absolute Gasteiger partial charge is 0.497 e. The van der Waals surface area contributed by atoms with Gasteiger partial charge in [-0.25, -0.2) is 0 Å². The van der Waals surface area contributed by atoms with Crippen LogP contribution in [0.4, 0.5) is 0 Å². The molecule has 0 aliphatic carbocycles. The fourth-order valence-electron chi connectivity index (χ4n) is 3.87. The third kappa shape index (κ3) is 10.5. The minimum absolute atomic E-state index is 0.0961. The first kappa shape index (κ1) is 29.8. The Morgan fingerprint density at radius 3 is 2.26 bits per heavy atom. The maximum absolute atomic E-state index is 13.4. The predicted molar refractivity (Wildman–Crippen MR) is 152 cm³/mol. The van der Waals surface area contributed by atoms with Crippen LogP contribution in [0, 0.1) is 5.92 Å². The number of methoxy groups -OCH3 is 1. The fraction of sp³-hybridized carbons (Fsp3) is 0.367. The van der Waals surface area contributed by atoms with Crippen molar-refractivity contribution in [1.29, 1.82) is 0 Å². The number of Topliss-reactive ketones (excluding diaryl/α,β-unsaturated/α-hetero) is 1. The molecule has 0 unspecified atom stereocenters. The molecular weight excluding hydrogens is 516 g/mol. The van der Waals surface area contributed by atoms with Crippen LogP contribution in [0.15, 0.2) is 77.4 Å². The lowest BCUT2D eigenvalue weighted by Gasteiger charge is -2.24. The molecule has 3 aromatic rings. The van der Waals surface area contributed by atoms with Gasteiger partial charge < -0.3 is 24.5 Å². The predicted octanol–water partition coefficient (Wildman–Crippen LogP) is 4.43. The SMILES string of the molecule is COc1ccc(OCC(=O)N[C@@H](CC(C)C)C(=O)N[C@@H](Cc2ccccc2)C(=O)CSCc2ccco2)cc1. The van der Waals surface area contributed by atoms with Gasteiger partial charge in [-0.05, 0) is 60.7 Å². The second-order valence-corrected chi connectivity index (χ2v) is 10.5. The monoisotopic (exact) mass is 552 g/mol. The van der Waals surface area contributed by atoms with Gasteiger partial charge in [0.2, 0.25) is 5.91 Å². The highest BCUT2D eigenvalue weighted by Gasteiger charge is 2.27. The Balaban J connectivity index is 1.62. The van der Waals surface area contributed by atoms with E-state index in [0.29, 0.717) is 30.1 Å². The second-order valence-electron chi connectivity index (χ2n) is 9.50. The molecule has 1 aromatic heterocycles. The molecule has 9 heteroatoms. The smallest absolute Gasteiger partial charge is 0.258 e. The van der Waals surface area contributed by atoms with E-state index in [4.69, 9.17) is 13.9 Å². The van der Waals surface area contributed by atoms with E-state index in [1.54, 1.807) is 43.7 Å². The van der Waals surface area contributed by atoms with Crippen molar-refractivity contribution in [2.45, 2.75) is 44.5 Å². The highest BCUT2D eigenvalue weighted by atomic mass is 32.2. The highest BCUT2D eigenvalue weighted by molar-refractivity contribution is 7.99. The third-order valence-corrected chi connectivity index (χ3v) is 6.82. The number of nitrogens with one attached hydrogen (secondary N) is 2. The van der Waals surface area contributed by atoms with Crippen molar-refractivity contribution in [3.05, 3.63) is 84.3 Å². The number of ketones is 1. The maximum atomic E-state index is 13.4. The zero-order valence-corrected chi connectivity index (χ0v) is 23.4. The Labute approximate surface area is 233 Å². The maximum Gasteiger partial charge on any atom is 0.258 e. The Kier molecular flexibility index (Phi) is 12.0. The topological polar surface area (TPSA) is 107 Å². The van der Waals surface area contributed by atoms with Crippen LogP contribution in [0.2, 0.25) is 0 Å². The van der Waals surface area contributed by atoms with Crippen LogP contribution < -0.4 is 20.1 Å². The normalized spacial score (nSPS) is 12.4. The molecule has 2 amide bonds. The lowest BCUT2D eigenvalue weighted by atomic mass is 10.00. The minimum atomic E-state index is -0.807. The lowest BCUT2D eigenvalue weighted by molar-refractivity contribution is -0.132. The average molecular weight is 553 g/mol. The molecule has 2 aromatic carbocycles. The number of carbonyl (C=O) groups is 3. The summed E-state index contributed by atoms with van der Waals surface area (Å²) in [5.41, 5.74) is 0.935. The van der Waals surface area contributed by atoms with Gasteiger partial charge in [-0.1, -0.05) is 44.2 Å². The molecule has 0 aliphatic rings. The summed E-state index contributed by atoms with van der Waals surface area (Å²) >= 11 is 1.43. The van der Waals surface area contributed by atoms with E-state index < -0.39 is 23.9 Å². The molecule has 2 atom stereocenters. The highest BCUT2D eigenvalue weighted by Crippen LogP contribution is 2.17. The number of carbonyl (C=O) groups excluding carboxylic acids is 3. The van der Waals surface area contributed by atoms with E-state index in [-0.39, 0.29) is 24.1 Å². The van der Waals surface area contributed by atoms with Crippen LogP contribution in [-0.4, -0.2) is 49.2 Å². The van der Waals surface area contributed by atoms with E-state index in [0.717, 1.165) is 11.3 Å². The summed E-state index contributed by atoms with van der Waals surface area (Å²) < 4.78 is 16.0. The van der Waals surface area contributed by atoms with Gasteiger partial charge in [-0.2, -0.15) is 0 Å². The van der Waals surface area contributed by atoms with Gasteiger partial charge >= 0.3 is 0 Å². The van der Waals surface area contributed by atoms with Gasteiger partial charge in [0.05, 0.1) is 30.9 Å². The number of thioether (sulfide) groups is 1. The summed E-state index contributed by atoms with van der Waals surface area (Å²) in [7, 11) is 1.57. The molecule has 8 nitrogen and oxygen atoms in total. The number of amides is 2. The number of furan rings is 1. The van der Waals surface area contributed by atoms with Gasteiger partial charge in [0.25, 0.3) is 5.91 Å². The number of rotatable bonds is 16. The third-order valence-electron chi connectivity index (χ3n) is 5.84. The second kappa shape index (κ2) is 15.6. The molecule has 3 rings (SSSR count). The zero-order chi connectivity index (χ0) is 28.0. The number of hydrogen-bond acceptors (Lipinski definition) is 7. The fourth-order valence-corrected chi connectivity index (χ4v) is 4.74. The number of ether oxygens (including phenoxy) is 2. The lowest BCUT2D eigenvalue weighted by Crippen LogP contribution is -2.53. The van der Waals surface area contributed by atoms with E-state index >= 15 is 0 Å². The summed E-state index contributed by atoms with van der Waals surface area (Å²) in [4.78, 5) is 39.3. The molecule has 39 heavy (non-hydrogen) atoms. The van der Waals surface area contributed by atoms with Crippen LogP contribution >= 0.6 is 11.8 Å². The van der Waals surface area contributed by atoms with E-state index in [9.17, 15) is 14.4 Å². The van der Waals surface area contributed by atoms with E-state index in [1.807, 2.05) is 50.2 Å². The van der Waals surface area contributed by atoms with Gasteiger partial charge in [-0.15, -0.1) is 11.8 Å². The summed E-state index contributed by atoms with van der Waals surface area (Å²) in [6.45, 7) is 3.69. The van der Waals surface area contributed by atoms with E-state index in [2.05, 4.69) is 10.6 Å². The minimum Gasteiger partial charge on any atom is -0.497 e. The molecule has 0 saturated heterocycles. The first-order valence-corrected chi connectivity index (χ1v) is 14.0. The molecule has 1 heterocycles. The average Bonchev–Trinajstić information content (AvgIpc) is 3.45. The molecular formula is C30H36N2O6S. The molecule has 0 aliphatic heterocycles. The molecule has 2 N–H and O–H groups in total. The van der Waals surface area contributed by atoms with Crippen molar-refractivity contribution >= 4 is 29.4 Å². The first-order chi connectivity index (χ1) is 18.8. The Morgan fingerprint density at radius 2 is 1.62 bits per heavy atom.